The quantitative estimate of drug-likeness (QED) is 0.642. The van der Waals surface area contributed by atoms with Crippen LogP contribution in [0.4, 0.5) is 4.79 Å². The zero-order chi connectivity index (χ0) is 11.1. The van der Waals surface area contributed by atoms with Crippen molar-refractivity contribution in [3.63, 3.8) is 0 Å². The van der Waals surface area contributed by atoms with E-state index in [4.69, 9.17) is 5.11 Å². The number of aliphatic hydroxyl groups is 1. The summed E-state index contributed by atoms with van der Waals surface area (Å²) in [6.45, 7) is 5.77. The fourth-order valence-electron chi connectivity index (χ4n) is 1.04. The van der Waals surface area contributed by atoms with Crippen molar-refractivity contribution in [1.29, 1.82) is 0 Å². The third-order valence-electron chi connectivity index (χ3n) is 1.82. The van der Waals surface area contributed by atoms with E-state index in [0.717, 1.165) is 0 Å². The Labute approximate surface area is 89.8 Å². The van der Waals surface area contributed by atoms with Crippen LogP contribution in [0.2, 0.25) is 0 Å². The summed E-state index contributed by atoms with van der Waals surface area (Å²) < 4.78 is 0. The Morgan fingerprint density at radius 2 is 1.93 bits per heavy atom. The highest BCUT2D eigenvalue weighted by Gasteiger charge is 2.17. The molecule has 2 atom stereocenters. The molecular weight excluding hydrogens is 200 g/mol. The van der Waals surface area contributed by atoms with Crippen LogP contribution in [0.5, 0.6) is 0 Å². The summed E-state index contributed by atoms with van der Waals surface area (Å²) in [4.78, 5) is 11.3. The van der Waals surface area contributed by atoms with E-state index in [1.165, 1.54) is 0 Å². The van der Waals surface area contributed by atoms with Crippen molar-refractivity contribution in [1.82, 2.24) is 10.6 Å². The minimum absolute atomic E-state index is 0.0336. The van der Waals surface area contributed by atoms with Crippen LogP contribution in [-0.4, -0.2) is 41.3 Å². The summed E-state index contributed by atoms with van der Waals surface area (Å²) in [6.07, 6.45) is 1.92. The van der Waals surface area contributed by atoms with Crippen LogP contribution < -0.4 is 10.6 Å². The van der Waals surface area contributed by atoms with Crippen molar-refractivity contribution < 1.29 is 9.90 Å². The van der Waals surface area contributed by atoms with Gasteiger partial charge in [-0.05, 0) is 27.0 Å². The average Bonchev–Trinajstić information content (AvgIpc) is 2.04. The molecule has 5 heteroatoms. The largest absolute Gasteiger partial charge is 0.395 e. The molecule has 4 nitrogen and oxygen atoms in total. The average molecular weight is 220 g/mol. The predicted molar refractivity (Wildman–Crippen MR) is 60.7 cm³/mol. The molecule has 84 valence electrons. The number of urea groups is 1. The Morgan fingerprint density at radius 1 is 1.36 bits per heavy atom. The first-order chi connectivity index (χ1) is 6.51. The van der Waals surface area contributed by atoms with Gasteiger partial charge in [-0.2, -0.15) is 11.8 Å². The smallest absolute Gasteiger partial charge is 0.315 e. The monoisotopic (exact) mass is 220 g/mol. The van der Waals surface area contributed by atoms with Crippen LogP contribution in [0.15, 0.2) is 0 Å². The number of hydrogen-bond acceptors (Lipinski definition) is 3. The maximum Gasteiger partial charge on any atom is 0.315 e. The fraction of sp³-hybridized carbons (Fsp3) is 0.889. The molecule has 2 amide bonds. The van der Waals surface area contributed by atoms with Crippen LogP contribution in [0.1, 0.15) is 20.8 Å². The van der Waals surface area contributed by atoms with Gasteiger partial charge in [-0.25, -0.2) is 4.79 Å². The third kappa shape index (κ3) is 5.34. The Bertz CT molecular complexity index is 172. The van der Waals surface area contributed by atoms with Gasteiger partial charge in [0.2, 0.25) is 0 Å². The minimum atomic E-state index is -0.181. The van der Waals surface area contributed by atoms with Gasteiger partial charge in [-0.15, -0.1) is 0 Å². The molecule has 3 N–H and O–H groups in total. The number of thioether (sulfide) groups is 1. The molecule has 0 saturated heterocycles. The topological polar surface area (TPSA) is 61.4 Å². The lowest BCUT2D eigenvalue weighted by Crippen LogP contribution is -2.47. The second-order valence-electron chi connectivity index (χ2n) is 3.52. The number of rotatable bonds is 5. The van der Waals surface area contributed by atoms with Gasteiger partial charge in [0.1, 0.15) is 0 Å². The lowest BCUT2D eigenvalue weighted by atomic mass is 10.2. The maximum atomic E-state index is 11.3. The van der Waals surface area contributed by atoms with Crippen LogP contribution in [0.3, 0.4) is 0 Å². The Morgan fingerprint density at radius 3 is 2.29 bits per heavy atom. The van der Waals surface area contributed by atoms with Crippen molar-refractivity contribution in [2.45, 2.75) is 38.1 Å². The van der Waals surface area contributed by atoms with E-state index in [9.17, 15) is 4.79 Å². The molecule has 0 fully saturated rings. The molecule has 2 unspecified atom stereocenters. The molecule has 14 heavy (non-hydrogen) atoms. The molecule has 0 aromatic heterocycles. The van der Waals surface area contributed by atoms with Gasteiger partial charge in [0.25, 0.3) is 0 Å². The zero-order valence-corrected chi connectivity index (χ0v) is 10.0. The molecule has 0 aliphatic heterocycles. The molecule has 0 aromatic rings. The van der Waals surface area contributed by atoms with Gasteiger partial charge in [-0.3, -0.25) is 0 Å². The number of carbonyl (C=O) groups excluding carboxylic acids is 1. The van der Waals surface area contributed by atoms with Crippen LogP contribution in [0.25, 0.3) is 0 Å². The SMILES string of the molecule is CSC(CO)C(C)NC(=O)NC(C)C. The van der Waals surface area contributed by atoms with Gasteiger partial charge in [0.05, 0.1) is 6.61 Å². The maximum absolute atomic E-state index is 11.3. The predicted octanol–water partition coefficient (Wildman–Crippen LogP) is 0.806. The van der Waals surface area contributed by atoms with Crippen molar-refractivity contribution in [2.75, 3.05) is 12.9 Å². The van der Waals surface area contributed by atoms with E-state index in [0.29, 0.717) is 0 Å². The number of hydrogen-bond donors (Lipinski definition) is 3. The molecule has 0 bridgehead atoms. The van der Waals surface area contributed by atoms with Gasteiger partial charge in [0, 0.05) is 17.3 Å². The van der Waals surface area contributed by atoms with E-state index in [1.54, 1.807) is 11.8 Å². The van der Waals surface area contributed by atoms with Crippen LogP contribution in [0, 0.1) is 0 Å². The third-order valence-corrected chi connectivity index (χ3v) is 2.98. The standard InChI is InChI=1S/C9H20N2O2S/c1-6(2)10-9(13)11-7(3)8(5-12)14-4/h6-8,12H,5H2,1-4H3,(H2,10,11,13). The molecule has 0 rings (SSSR count). The first kappa shape index (κ1) is 13.6. The fourth-order valence-corrected chi connectivity index (χ4v) is 1.67. The lowest BCUT2D eigenvalue weighted by molar-refractivity contribution is 0.230. The molecular formula is C9H20N2O2S. The minimum Gasteiger partial charge on any atom is -0.395 e. The van der Waals surface area contributed by atoms with Crippen molar-refractivity contribution in [3.05, 3.63) is 0 Å². The van der Waals surface area contributed by atoms with Crippen LogP contribution in [-0.2, 0) is 0 Å². The second kappa shape index (κ2) is 6.95. The number of nitrogens with one attached hydrogen (secondary N) is 2. The molecule has 0 aromatic carbocycles. The Balaban J connectivity index is 3.91. The van der Waals surface area contributed by atoms with E-state index in [2.05, 4.69) is 10.6 Å². The second-order valence-corrected chi connectivity index (χ2v) is 4.59. The van der Waals surface area contributed by atoms with Crippen molar-refractivity contribution >= 4 is 17.8 Å². The van der Waals surface area contributed by atoms with Crippen molar-refractivity contribution in [2.24, 2.45) is 0 Å². The van der Waals surface area contributed by atoms with Gasteiger partial charge >= 0.3 is 6.03 Å². The first-order valence-corrected chi connectivity index (χ1v) is 6.00. The summed E-state index contributed by atoms with van der Waals surface area (Å²) in [5, 5.41) is 14.6. The summed E-state index contributed by atoms with van der Waals surface area (Å²) in [7, 11) is 0. The highest BCUT2D eigenvalue weighted by atomic mass is 32.2. The highest BCUT2D eigenvalue weighted by Crippen LogP contribution is 2.09. The van der Waals surface area contributed by atoms with E-state index in [-0.39, 0.29) is 30.0 Å². The van der Waals surface area contributed by atoms with E-state index in [1.807, 2.05) is 27.0 Å². The summed E-state index contributed by atoms with van der Waals surface area (Å²) >= 11 is 1.55. The van der Waals surface area contributed by atoms with E-state index < -0.39 is 0 Å². The van der Waals surface area contributed by atoms with Crippen LogP contribution >= 0.6 is 11.8 Å². The normalized spacial score (nSPS) is 15.0. The summed E-state index contributed by atoms with van der Waals surface area (Å²) in [5.41, 5.74) is 0. The van der Waals surface area contributed by atoms with Gasteiger partial charge in [-0.1, -0.05) is 0 Å². The highest BCUT2D eigenvalue weighted by molar-refractivity contribution is 7.99. The molecule has 0 radical (unpaired) electrons. The number of amides is 2. The molecule has 0 aliphatic carbocycles. The molecule has 0 aliphatic rings. The first-order valence-electron chi connectivity index (χ1n) is 4.72. The Hall–Kier alpha value is -0.420. The molecule has 0 heterocycles. The molecule has 0 saturated carbocycles. The van der Waals surface area contributed by atoms with Gasteiger partial charge < -0.3 is 15.7 Å². The van der Waals surface area contributed by atoms with Gasteiger partial charge in [0.15, 0.2) is 0 Å². The number of aliphatic hydroxyl groups excluding tert-OH is 1. The summed E-state index contributed by atoms with van der Waals surface area (Å²) in [5.74, 6) is 0. The summed E-state index contributed by atoms with van der Waals surface area (Å²) in [6, 6.07) is -0.0854. The zero-order valence-electron chi connectivity index (χ0n) is 9.20. The molecule has 0 spiro atoms. The van der Waals surface area contributed by atoms with E-state index >= 15 is 0 Å². The van der Waals surface area contributed by atoms with Crippen molar-refractivity contribution in [3.8, 4) is 0 Å². The number of carbonyl (C=O) groups is 1. The Kier molecular flexibility index (Phi) is 6.74. The lowest BCUT2D eigenvalue weighted by Gasteiger charge is -2.22.